The molecular weight excluding hydrogens is 421 g/mol. The van der Waals surface area contributed by atoms with Crippen LogP contribution in [0.4, 0.5) is 0 Å². The number of likely N-dealkylation sites (N-methyl/N-ethyl adjacent to an activating group) is 1. The number of nitrogens with one attached hydrogen (secondary N) is 2. The molecule has 0 aliphatic heterocycles. The molecule has 0 spiro atoms. The topological polar surface area (TPSA) is 52.6 Å². The van der Waals surface area contributed by atoms with E-state index in [1.807, 2.05) is 6.20 Å². The van der Waals surface area contributed by atoms with Gasteiger partial charge in [0.05, 0.1) is 11.6 Å². The molecule has 7 heteroatoms. The standard InChI is InChI=1S/C16H31N5S.HI/c1-6-17-16(19-10-11-21(7-2)13(3)4)18-9-8-15-20-12-14(5)22-15;/h12-13H,6-11H2,1-5H3,(H2,17,18,19);1H. The van der Waals surface area contributed by atoms with Gasteiger partial charge in [-0.05, 0) is 34.2 Å². The van der Waals surface area contributed by atoms with E-state index in [4.69, 9.17) is 0 Å². The van der Waals surface area contributed by atoms with Gasteiger partial charge in [0, 0.05) is 43.2 Å². The average molecular weight is 453 g/mol. The van der Waals surface area contributed by atoms with E-state index in [9.17, 15) is 0 Å². The molecule has 0 aliphatic carbocycles. The fourth-order valence-corrected chi connectivity index (χ4v) is 3.00. The molecule has 0 radical (unpaired) electrons. The maximum absolute atomic E-state index is 4.66. The summed E-state index contributed by atoms with van der Waals surface area (Å²) in [5.74, 6) is 0.899. The molecule has 0 atom stereocenters. The van der Waals surface area contributed by atoms with Crippen molar-refractivity contribution in [2.45, 2.75) is 47.1 Å². The first-order valence-electron chi connectivity index (χ1n) is 8.24. The van der Waals surface area contributed by atoms with Gasteiger partial charge in [0.2, 0.25) is 0 Å². The van der Waals surface area contributed by atoms with Crippen molar-refractivity contribution in [3.05, 3.63) is 16.1 Å². The number of aliphatic imine (C=N–C) groups is 1. The van der Waals surface area contributed by atoms with Crippen molar-refractivity contribution in [1.82, 2.24) is 20.5 Å². The van der Waals surface area contributed by atoms with Crippen molar-refractivity contribution >= 4 is 41.3 Å². The number of aromatic nitrogens is 1. The molecule has 23 heavy (non-hydrogen) atoms. The van der Waals surface area contributed by atoms with Gasteiger partial charge in [-0.3, -0.25) is 9.89 Å². The number of hydrogen-bond donors (Lipinski definition) is 2. The van der Waals surface area contributed by atoms with Crippen molar-refractivity contribution in [1.29, 1.82) is 0 Å². The van der Waals surface area contributed by atoms with Crippen molar-refractivity contribution in [3.8, 4) is 0 Å². The molecule has 1 aromatic rings. The zero-order valence-electron chi connectivity index (χ0n) is 15.1. The SMILES string of the molecule is CCNC(=NCCN(CC)C(C)C)NCCc1ncc(C)s1.I. The predicted octanol–water partition coefficient (Wildman–Crippen LogP) is 2.90. The van der Waals surface area contributed by atoms with E-state index < -0.39 is 0 Å². The highest BCUT2D eigenvalue weighted by molar-refractivity contribution is 14.0. The summed E-state index contributed by atoms with van der Waals surface area (Å²) in [6.07, 6.45) is 2.88. The van der Waals surface area contributed by atoms with Gasteiger partial charge in [0.15, 0.2) is 5.96 Å². The molecule has 1 rings (SSSR count). The summed E-state index contributed by atoms with van der Waals surface area (Å²) >= 11 is 1.76. The molecule has 2 N–H and O–H groups in total. The Bertz CT molecular complexity index is 447. The molecule has 0 saturated carbocycles. The summed E-state index contributed by atoms with van der Waals surface area (Å²) in [7, 11) is 0. The van der Waals surface area contributed by atoms with Crippen molar-refractivity contribution in [3.63, 3.8) is 0 Å². The number of halogens is 1. The Labute approximate surface area is 162 Å². The van der Waals surface area contributed by atoms with Crippen LogP contribution in [0.3, 0.4) is 0 Å². The van der Waals surface area contributed by atoms with Crippen LogP contribution < -0.4 is 10.6 Å². The van der Waals surface area contributed by atoms with Crippen LogP contribution in [0.15, 0.2) is 11.2 Å². The van der Waals surface area contributed by atoms with E-state index >= 15 is 0 Å². The highest BCUT2D eigenvalue weighted by Gasteiger charge is 2.06. The van der Waals surface area contributed by atoms with Crippen LogP contribution in [0, 0.1) is 6.92 Å². The van der Waals surface area contributed by atoms with Crippen LogP contribution in [0.5, 0.6) is 0 Å². The fourth-order valence-electron chi connectivity index (χ4n) is 2.22. The molecular formula is C16H32IN5S. The zero-order chi connectivity index (χ0) is 16.4. The van der Waals surface area contributed by atoms with Crippen LogP contribution in [0.25, 0.3) is 0 Å². The third kappa shape index (κ3) is 9.46. The van der Waals surface area contributed by atoms with E-state index in [0.29, 0.717) is 6.04 Å². The average Bonchev–Trinajstić information content (AvgIpc) is 2.88. The third-order valence-corrected chi connectivity index (χ3v) is 4.41. The zero-order valence-corrected chi connectivity index (χ0v) is 18.2. The molecule has 0 aliphatic rings. The van der Waals surface area contributed by atoms with Gasteiger partial charge in [0.25, 0.3) is 0 Å². The van der Waals surface area contributed by atoms with Gasteiger partial charge >= 0.3 is 0 Å². The molecule has 1 heterocycles. The van der Waals surface area contributed by atoms with Gasteiger partial charge in [-0.1, -0.05) is 6.92 Å². The van der Waals surface area contributed by atoms with E-state index in [1.54, 1.807) is 11.3 Å². The molecule has 0 fully saturated rings. The maximum atomic E-state index is 4.66. The highest BCUT2D eigenvalue weighted by atomic mass is 127. The molecule has 1 aromatic heterocycles. The Morgan fingerprint density at radius 1 is 1.35 bits per heavy atom. The van der Waals surface area contributed by atoms with Gasteiger partial charge in [-0.2, -0.15) is 0 Å². The van der Waals surface area contributed by atoms with Crippen LogP contribution in [0.2, 0.25) is 0 Å². The Morgan fingerprint density at radius 2 is 2.09 bits per heavy atom. The lowest BCUT2D eigenvalue weighted by atomic mass is 10.3. The number of rotatable bonds is 9. The smallest absolute Gasteiger partial charge is 0.191 e. The summed E-state index contributed by atoms with van der Waals surface area (Å²) in [6, 6.07) is 0.573. The van der Waals surface area contributed by atoms with Crippen molar-refractivity contribution < 1.29 is 0 Å². The number of guanidine groups is 1. The minimum absolute atomic E-state index is 0. The van der Waals surface area contributed by atoms with Crippen molar-refractivity contribution in [2.24, 2.45) is 4.99 Å². The molecule has 134 valence electrons. The number of aryl methyl sites for hydroxylation is 1. The molecule has 0 aromatic carbocycles. The fraction of sp³-hybridized carbons (Fsp3) is 0.750. The summed E-state index contributed by atoms with van der Waals surface area (Å²) in [5, 5.41) is 7.86. The quantitative estimate of drug-likeness (QED) is 0.343. The van der Waals surface area contributed by atoms with Gasteiger partial charge in [-0.25, -0.2) is 4.98 Å². The van der Waals surface area contributed by atoms with E-state index in [2.05, 4.69) is 60.1 Å². The lowest BCUT2D eigenvalue weighted by Gasteiger charge is -2.23. The second kappa shape index (κ2) is 12.9. The lowest BCUT2D eigenvalue weighted by Crippen LogP contribution is -2.39. The molecule has 0 unspecified atom stereocenters. The Kier molecular flexibility index (Phi) is 12.7. The largest absolute Gasteiger partial charge is 0.357 e. The van der Waals surface area contributed by atoms with Crippen molar-refractivity contribution in [2.75, 3.05) is 32.7 Å². The van der Waals surface area contributed by atoms with Crippen LogP contribution in [-0.4, -0.2) is 54.6 Å². The number of nitrogens with zero attached hydrogens (tertiary/aromatic N) is 3. The monoisotopic (exact) mass is 453 g/mol. The first-order chi connectivity index (χ1) is 10.6. The van der Waals surface area contributed by atoms with Crippen LogP contribution >= 0.6 is 35.3 Å². The summed E-state index contributed by atoms with van der Waals surface area (Å²) in [4.78, 5) is 12.7. The third-order valence-electron chi connectivity index (χ3n) is 3.44. The second-order valence-corrected chi connectivity index (χ2v) is 6.84. The number of hydrogen-bond acceptors (Lipinski definition) is 4. The Hall–Kier alpha value is -0.410. The Balaban J connectivity index is 0.00000484. The predicted molar refractivity (Wildman–Crippen MR) is 112 cm³/mol. The minimum atomic E-state index is 0. The maximum Gasteiger partial charge on any atom is 0.191 e. The minimum Gasteiger partial charge on any atom is -0.357 e. The first kappa shape index (κ1) is 22.6. The van der Waals surface area contributed by atoms with Crippen LogP contribution in [0.1, 0.15) is 37.6 Å². The molecule has 0 bridgehead atoms. The summed E-state index contributed by atoms with van der Waals surface area (Å²) in [6.45, 7) is 15.5. The summed E-state index contributed by atoms with van der Waals surface area (Å²) < 4.78 is 0. The number of thiazole rings is 1. The normalized spacial score (nSPS) is 11.7. The van der Waals surface area contributed by atoms with E-state index in [1.165, 1.54) is 9.88 Å². The van der Waals surface area contributed by atoms with Gasteiger partial charge in [0.1, 0.15) is 0 Å². The first-order valence-corrected chi connectivity index (χ1v) is 9.06. The van der Waals surface area contributed by atoms with Gasteiger partial charge < -0.3 is 10.6 Å². The van der Waals surface area contributed by atoms with E-state index in [0.717, 1.165) is 45.1 Å². The molecule has 5 nitrogen and oxygen atoms in total. The lowest BCUT2D eigenvalue weighted by molar-refractivity contribution is 0.240. The van der Waals surface area contributed by atoms with Gasteiger partial charge in [-0.15, -0.1) is 35.3 Å². The second-order valence-electron chi connectivity index (χ2n) is 5.52. The Morgan fingerprint density at radius 3 is 2.61 bits per heavy atom. The highest BCUT2D eigenvalue weighted by Crippen LogP contribution is 2.10. The summed E-state index contributed by atoms with van der Waals surface area (Å²) in [5.41, 5.74) is 0. The van der Waals surface area contributed by atoms with E-state index in [-0.39, 0.29) is 24.0 Å². The van der Waals surface area contributed by atoms with Crippen LogP contribution in [-0.2, 0) is 6.42 Å². The molecule has 0 saturated heterocycles. The molecule has 0 amide bonds.